The average molecular weight is 220 g/mol. The van der Waals surface area contributed by atoms with Gasteiger partial charge in [0.2, 0.25) is 0 Å². The van der Waals surface area contributed by atoms with Crippen molar-refractivity contribution < 1.29 is 18.3 Å². The van der Waals surface area contributed by atoms with Gasteiger partial charge < -0.3 is 10.4 Å². The molecule has 6 heteroatoms. The lowest BCUT2D eigenvalue weighted by Crippen LogP contribution is -2.16. The lowest BCUT2D eigenvalue weighted by Gasteiger charge is -2.10. The normalized spacial score (nSPS) is 13.7. The number of anilines is 1. The molecule has 1 unspecified atom stereocenters. The SMILES string of the molecule is CC(O)CNc1cc(C(F)(F)F)ccn1. The summed E-state index contributed by atoms with van der Waals surface area (Å²) in [5.41, 5.74) is -0.759. The summed E-state index contributed by atoms with van der Waals surface area (Å²) < 4.78 is 36.8. The first kappa shape index (κ1) is 11.8. The van der Waals surface area contributed by atoms with Crippen molar-refractivity contribution in [3.05, 3.63) is 23.9 Å². The number of nitrogens with zero attached hydrogens (tertiary/aromatic N) is 1. The third-order valence-corrected chi connectivity index (χ3v) is 1.67. The van der Waals surface area contributed by atoms with E-state index >= 15 is 0 Å². The van der Waals surface area contributed by atoms with Gasteiger partial charge in [0.1, 0.15) is 5.82 Å². The fourth-order valence-corrected chi connectivity index (χ4v) is 0.956. The topological polar surface area (TPSA) is 45.1 Å². The summed E-state index contributed by atoms with van der Waals surface area (Å²) in [7, 11) is 0. The Bertz CT molecular complexity index is 325. The molecule has 0 saturated carbocycles. The predicted molar refractivity (Wildman–Crippen MR) is 49.4 cm³/mol. The smallest absolute Gasteiger partial charge is 0.392 e. The van der Waals surface area contributed by atoms with Gasteiger partial charge in [0.15, 0.2) is 0 Å². The van der Waals surface area contributed by atoms with E-state index in [1.54, 1.807) is 0 Å². The molecule has 15 heavy (non-hydrogen) atoms. The maximum absolute atomic E-state index is 12.3. The summed E-state index contributed by atoms with van der Waals surface area (Å²) in [6, 6.07) is 1.80. The maximum Gasteiger partial charge on any atom is 0.416 e. The zero-order valence-corrected chi connectivity index (χ0v) is 8.04. The molecule has 0 spiro atoms. The summed E-state index contributed by atoms with van der Waals surface area (Å²) >= 11 is 0. The molecule has 3 nitrogen and oxygen atoms in total. The highest BCUT2D eigenvalue weighted by atomic mass is 19.4. The minimum atomic E-state index is -4.37. The molecule has 1 rings (SSSR count). The molecule has 0 amide bonds. The molecule has 0 aliphatic carbocycles. The largest absolute Gasteiger partial charge is 0.416 e. The van der Waals surface area contributed by atoms with Crippen LogP contribution in [0.3, 0.4) is 0 Å². The van der Waals surface area contributed by atoms with Gasteiger partial charge in [-0.3, -0.25) is 0 Å². The second-order valence-corrected chi connectivity index (χ2v) is 3.16. The van der Waals surface area contributed by atoms with Gasteiger partial charge in [-0.05, 0) is 19.1 Å². The van der Waals surface area contributed by atoms with Gasteiger partial charge in [0.25, 0.3) is 0 Å². The van der Waals surface area contributed by atoms with Crippen LogP contribution in [0.2, 0.25) is 0 Å². The van der Waals surface area contributed by atoms with E-state index in [0.29, 0.717) is 0 Å². The number of aliphatic hydroxyl groups excluding tert-OH is 1. The molecule has 84 valence electrons. The maximum atomic E-state index is 12.3. The third-order valence-electron chi connectivity index (χ3n) is 1.67. The Morgan fingerprint density at radius 1 is 1.53 bits per heavy atom. The first-order valence-electron chi connectivity index (χ1n) is 4.35. The molecule has 0 aliphatic rings. The quantitative estimate of drug-likeness (QED) is 0.817. The Morgan fingerprint density at radius 3 is 2.73 bits per heavy atom. The van der Waals surface area contributed by atoms with Crippen molar-refractivity contribution in [2.24, 2.45) is 0 Å². The molecule has 0 aliphatic heterocycles. The van der Waals surface area contributed by atoms with Crippen LogP contribution < -0.4 is 5.32 Å². The number of nitrogens with one attached hydrogen (secondary N) is 1. The van der Waals surface area contributed by atoms with Crippen molar-refractivity contribution in [1.82, 2.24) is 4.98 Å². The van der Waals surface area contributed by atoms with Gasteiger partial charge >= 0.3 is 6.18 Å². The highest BCUT2D eigenvalue weighted by Crippen LogP contribution is 2.29. The fourth-order valence-electron chi connectivity index (χ4n) is 0.956. The predicted octanol–water partition coefficient (Wildman–Crippen LogP) is 1.89. The highest BCUT2D eigenvalue weighted by molar-refractivity contribution is 5.38. The third kappa shape index (κ3) is 3.75. The molecule has 0 bridgehead atoms. The summed E-state index contributed by atoms with van der Waals surface area (Å²) in [5.74, 6) is 0.103. The number of alkyl halides is 3. The van der Waals surface area contributed by atoms with E-state index in [0.717, 1.165) is 18.3 Å². The van der Waals surface area contributed by atoms with Gasteiger partial charge in [0, 0.05) is 12.7 Å². The Morgan fingerprint density at radius 2 is 2.20 bits per heavy atom. The van der Waals surface area contributed by atoms with E-state index in [1.165, 1.54) is 6.92 Å². The summed E-state index contributed by atoms with van der Waals surface area (Å²) in [4.78, 5) is 3.70. The van der Waals surface area contributed by atoms with Crippen LogP contribution in [-0.4, -0.2) is 22.7 Å². The molecule has 2 N–H and O–H groups in total. The number of hydrogen-bond acceptors (Lipinski definition) is 3. The molecular weight excluding hydrogens is 209 g/mol. The minimum Gasteiger partial charge on any atom is -0.392 e. The zero-order valence-electron chi connectivity index (χ0n) is 8.04. The van der Waals surface area contributed by atoms with Crippen LogP contribution in [0, 0.1) is 0 Å². The van der Waals surface area contributed by atoms with E-state index < -0.39 is 17.8 Å². The fraction of sp³-hybridized carbons (Fsp3) is 0.444. The lowest BCUT2D eigenvalue weighted by molar-refractivity contribution is -0.137. The van der Waals surface area contributed by atoms with Crippen LogP contribution in [0.4, 0.5) is 19.0 Å². The zero-order chi connectivity index (χ0) is 11.5. The van der Waals surface area contributed by atoms with E-state index in [4.69, 9.17) is 5.11 Å². The number of pyridine rings is 1. The second kappa shape index (κ2) is 4.48. The molecule has 1 heterocycles. The number of hydrogen-bond donors (Lipinski definition) is 2. The van der Waals surface area contributed by atoms with Crippen molar-refractivity contribution in [3.8, 4) is 0 Å². The monoisotopic (exact) mass is 220 g/mol. The number of halogens is 3. The number of rotatable bonds is 3. The first-order chi connectivity index (χ1) is 6.89. The molecule has 1 aromatic heterocycles. The van der Waals surface area contributed by atoms with Crippen LogP contribution in [-0.2, 0) is 6.18 Å². The van der Waals surface area contributed by atoms with E-state index in [9.17, 15) is 13.2 Å². The number of aromatic nitrogens is 1. The molecular formula is C9H11F3N2O. The van der Waals surface area contributed by atoms with Crippen LogP contribution in [0.1, 0.15) is 12.5 Å². The second-order valence-electron chi connectivity index (χ2n) is 3.16. The first-order valence-corrected chi connectivity index (χ1v) is 4.35. The summed E-state index contributed by atoms with van der Waals surface area (Å²) in [6.07, 6.45) is -3.93. The lowest BCUT2D eigenvalue weighted by atomic mass is 10.2. The van der Waals surface area contributed by atoms with Gasteiger partial charge in [-0.25, -0.2) is 4.98 Å². The van der Waals surface area contributed by atoms with Gasteiger partial charge in [-0.1, -0.05) is 0 Å². The Balaban J connectivity index is 2.75. The number of aliphatic hydroxyl groups is 1. The minimum absolute atomic E-state index is 0.103. The van der Waals surface area contributed by atoms with Crippen LogP contribution in [0.15, 0.2) is 18.3 Å². The van der Waals surface area contributed by atoms with E-state index in [-0.39, 0.29) is 12.4 Å². The summed E-state index contributed by atoms with van der Waals surface area (Å²) in [5, 5.41) is 11.5. The Hall–Kier alpha value is -1.30. The Kier molecular flexibility index (Phi) is 3.52. The van der Waals surface area contributed by atoms with Gasteiger partial charge in [-0.2, -0.15) is 13.2 Å². The average Bonchev–Trinajstić information content (AvgIpc) is 2.14. The van der Waals surface area contributed by atoms with Crippen LogP contribution in [0.5, 0.6) is 0 Å². The van der Waals surface area contributed by atoms with Crippen molar-refractivity contribution >= 4 is 5.82 Å². The van der Waals surface area contributed by atoms with E-state index in [1.807, 2.05) is 0 Å². The molecule has 0 saturated heterocycles. The highest BCUT2D eigenvalue weighted by Gasteiger charge is 2.30. The van der Waals surface area contributed by atoms with Crippen molar-refractivity contribution in [2.75, 3.05) is 11.9 Å². The summed E-state index contributed by atoms with van der Waals surface area (Å²) in [6.45, 7) is 1.69. The van der Waals surface area contributed by atoms with Crippen molar-refractivity contribution in [2.45, 2.75) is 19.2 Å². The van der Waals surface area contributed by atoms with Crippen molar-refractivity contribution in [3.63, 3.8) is 0 Å². The van der Waals surface area contributed by atoms with Crippen LogP contribution >= 0.6 is 0 Å². The molecule has 1 atom stereocenters. The molecule has 0 aromatic carbocycles. The Labute approximate surface area is 85.0 Å². The van der Waals surface area contributed by atoms with Gasteiger partial charge in [0.05, 0.1) is 11.7 Å². The molecule has 0 fully saturated rings. The molecule has 0 radical (unpaired) electrons. The van der Waals surface area contributed by atoms with Crippen LogP contribution in [0.25, 0.3) is 0 Å². The standard InChI is InChI=1S/C9H11F3N2O/c1-6(15)5-14-8-4-7(2-3-13-8)9(10,11)12/h2-4,6,15H,5H2,1H3,(H,13,14). The van der Waals surface area contributed by atoms with Gasteiger partial charge in [-0.15, -0.1) is 0 Å². The molecule has 1 aromatic rings. The van der Waals surface area contributed by atoms with E-state index in [2.05, 4.69) is 10.3 Å². The van der Waals surface area contributed by atoms with Crippen molar-refractivity contribution in [1.29, 1.82) is 0 Å².